The highest BCUT2D eigenvalue weighted by Crippen LogP contribution is 2.33. The number of benzene rings is 4. The van der Waals surface area contributed by atoms with Crippen molar-refractivity contribution in [3.05, 3.63) is 130 Å². The quantitative estimate of drug-likeness (QED) is 0.154. The number of sulfonamides is 1. The molecule has 0 aromatic heterocycles. The van der Waals surface area contributed by atoms with Gasteiger partial charge in [-0.15, -0.1) is 0 Å². The van der Waals surface area contributed by atoms with Gasteiger partial charge in [0.1, 0.15) is 12.6 Å². The second-order valence-electron chi connectivity index (χ2n) is 11.5. The molecular formula is C35H34Cl2F3N3O4S. The minimum atomic E-state index is -4.78. The van der Waals surface area contributed by atoms with Gasteiger partial charge in [0.15, 0.2) is 0 Å². The van der Waals surface area contributed by atoms with Crippen LogP contribution in [0.3, 0.4) is 0 Å². The molecular weight excluding hydrogens is 686 g/mol. The summed E-state index contributed by atoms with van der Waals surface area (Å²) >= 11 is 12.4. The van der Waals surface area contributed by atoms with E-state index in [9.17, 15) is 31.2 Å². The fourth-order valence-electron chi connectivity index (χ4n) is 4.90. The van der Waals surface area contributed by atoms with E-state index in [4.69, 9.17) is 23.2 Å². The summed E-state index contributed by atoms with van der Waals surface area (Å²) in [7, 11) is -4.58. The molecule has 0 aliphatic rings. The Morgan fingerprint density at radius 3 is 2.06 bits per heavy atom. The van der Waals surface area contributed by atoms with Crippen molar-refractivity contribution < 1.29 is 31.2 Å². The summed E-state index contributed by atoms with van der Waals surface area (Å²) in [6.07, 6.45) is -4.72. The number of nitrogens with zero attached hydrogens (tertiary/aromatic N) is 2. The largest absolute Gasteiger partial charge is 0.416 e. The highest BCUT2D eigenvalue weighted by molar-refractivity contribution is 7.92. The molecule has 7 nitrogen and oxygen atoms in total. The summed E-state index contributed by atoms with van der Waals surface area (Å²) < 4.78 is 70.0. The van der Waals surface area contributed by atoms with Crippen molar-refractivity contribution in [1.82, 2.24) is 10.2 Å². The van der Waals surface area contributed by atoms with Crippen LogP contribution in [-0.2, 0) is 38.8 Å². The Labute approximate surface area is 288 Å². The molecule has 1 N–H and O–H groups in total. The molecule has 4 rings (SSSR count). The number of anilines is 1. The van der Waals surface area contributed by atoms with Gasteiger partial charge in [-0.05, 0) is 59.5 Å². The molecule has 48 heavy (non-hydrogen) atoms. The summed E-state index contributed by atoms with van der Waals surface area (Å²) in [6, 6.07) is 23.3. The minimum absolute atomic E-state index is 0.0623. The monoisotopic (exact) mass is 719 g/mol. The molecule has 0 heterocycles. The molecule has 0 bridgehead atoms. The van der Waals surface area contributed by atoms with Gasteiger partial charge >= 0.3 is 6.18 Å². The first-order valence-electron chi connectivity index (χ1n) is 15.0. The Bertz CT molecular complexity index is 1830. The first kappa shape index (κ1) is 36.8. The third-order valence-corrected chi connectivity index (χ3v) is 9.89. The highest BCUT2D eigenvalue weighted by atomic mass is 35.5. The van der Waals surface area contributed by atoms with Gasteiger partial charge in [-0.3, -0.25) is 13.9 Å². The van der Waals surface area contributed by atoms with Crippen LogP contribution in [0.4, 0.5) is 18.9 Å². The molecule has 13 heteroatoms. The van der Waals surface area contributed by atoms with Crippen LogP contribution in [0.2, 0.25) is 10.0 Å². The molecule has 1 atom stereocenters. The number of hydrogen-bond acceptors (Lipinski definition) is 4. The lowest BCUT2D eigenvalue weighted by molar-refractivity contribution is -0.140. The van der Waals surface area contributed by atoms with Crippen LogP contribution in [0.5, 0.6) is 0 Å². The average Bonchev–Trinajstić information content (AvgIpc) is 3.06. The van der Waals surface area contributed by atoms with E-state index in [0.29, 0.717) is 22.5 Å². The Kier molecular flexibility index (Phi) is 12.2. The summed E-state index contributed by atoms with van der Waals surface area (Å²) in [5.41, 5.74) is -0.256. The molecule has 0 spiro atoms. The van der Waals surface area contributed by atoms with Crippen LogP contribution < -0.4 is 9.62 Å². The van der Waals surface area contributed by atoms with Crippen molar-refractivity contribution in [3.63, 3.8) is 0 Å². The van der Waals surface area contributed by atoms with Crippen LogP contribution in [0.15, 0.2) is 108 Å². The standard InChI is InChI=1S/C35H34Cl2F3N3O4S/c1-24(2)21-41-34(45)32(19-25-10-5-3-6-11-25)42(22-26-16-17-30(36)31(37)18-26)33(44)23-43(48(46,47)29-14-7-4-8-15-29)28-13-9-12-27(20-28)35(38,39)40/h3-18,20,24,32H,19,21-23H2,1-2H3,(H,41,45). The van der Waals surface area contributed by atoms with Crippen molar-refractivity contribution >= 4 is 50.7 Å². The third-order valence-electron chi connectivity index (χ3n) is 7.36. The molecule has 4 aromatic carbocycles. The maximum absolute atomic E-state index is 14.5. The van der Waals surface area contributed by atoms with Crippen molar-refractivity contribution in [2.24, 2.45) is 5.92 Å². The van der Waals surface area contributed by atoms with Crippen LogP contribution in [0, 0.1) is 5.92 Å². The zero-order valence-corrected chi connectivity index (χ0v) is 28.5. The van der Waals surface area contributed by atoms with E-state index in [1.54, 1.807) is 42.5 Å². The number of alkyl halides is 3. The van der Waals surface area contributed by atoms with E-state index in [-0.39, 0.29) is 39.5 Å². The van der Waals surface area contributed by atoms with Crippen LogP contribution in [-0.4, -0.2) is 44.3 Å². The predicted molar refractivity (Wildman–Crippen MR) is 181 cm³/mol. The summed E-state index contributed by atoms with van der Waals surface area (Å²) in [4.78, 5) is 29.3. The van der Waals surface area contributed by atoms with Crippen LogP contribution in [0.25, 0.3) is 0 Å². The van der Waals surface area contributed by atoms with E-state index in [1.165, 1.54) is 47.4 Å². The van der Waals surface area contributed by atoms with Gasteiger partial charge in [0.05, 0.1) is 26.2 Å². The number of rotatable bonds is 13. The van der Waals surface area contributed by atoms with Crippen molar-refractivity contribution in [1.29, 1.82) is 0 Å². The second kappa shape index (κ2) is 15.9. The van der Waals surface area contributed by atoms with Gasteiger partial charge in [-0.1, -0.05) is 97.7 Å². The van der Waals surface area contributed by atoms with Gasteiger partial charge in [0.2, 0.25) is 11.8 Å². The maximum Gasteiger partial charge on any atom is 0.416 e. The number of carbonyl (C=O) groups excluding carboxylic acids is 2. The van der Waals surface area contributed by atoms with Gasteiger partial charge in [0.25, 0.3) is 10.0 Å². The second-order valence-corrected chi connectivity index (χ2v) is 14.2. The lowest BCUT2D eigenvalue weighted by Gasteiger charge is -2.34. The van der Waals surface area contributed by atoms with Gasteiger partial charge in [-0.25, -0.2) is 8.42 Å². The van der Waals surface area contributed by atoms with Crippen molar-refractivity contribution in [3.8, 4) is 0 Å². The Balaban J connectivity index is 1.84. The van der Waals surface area contributed by atoms with Gasteiger partial charge in [-0.2, -0.15) is 13.2 Å². The van der Waals surface area contributed by atoms with E-state index in [2.05, 4.69) is 5.32 Å². The Hall–Kier alpha value is -4.06. The number of hydrogen-bond donors (Lipinski definition) is 1. The molecule has 0 fully saturated rings. The summed E-state index contributed by atoms with van der Waals surface area (Å²) in [5.74, 6) is -1.24. The molecule has 254 valence electrons. The number of nitrogens with one attached hydrogen (secondary N) is 1. The maximum atomic E-state index is 14.5. The van der Waals surface area contributed by atoms with Crippen LogP contribution >= 0.6 is 23.2 Å². The Morgan fingerprint density at radius 2 is 1.46 bits per heavy atom. The molecule has 0 saturated heterocycles. The molecule has 0 aliphatic heterocycles. The SMILES string of the molecule is CC(C)CNC(=O)C(Cc1ccccc1)N(Cc1ccc(Cl)c(Cl)c1)C(=O)CN(c1cccc(C(F)(F)F)c1)S(=O)(=O)c1ccccc1. The lowest BCUT2D eigenvalue weighted by Crippen LogP contribution is -2.53. The highest BCUT2D eigenvalue weighted by Gasteiger charge is 2.36. The summed E-state index contributed by atoms with van der Waals surface area (Å²) in [5, 5.41) is 3.33. The average molecular weight is 721 g/mol. The van der Waals surface area contributed by atoms with Gasteiger partial charge < -0.3 is 10.2 Å². The molecule has 2 amide bonds. The van der Waals surface area contributed by atoms with Crippen LogP contribution in [0.1, 0.15) is 30.5 Å². The fraction of sp³-hybridized carbons (Fsp3) is 0.257. The number of carbonyl (C=O) groups is 2. The fourth-order valence-corrected chi connectivity index (χ4v) is 6.64. The topological polar surface area (TPSA) is 86.8 Å². The molecule has 0 radical (unpaired) electrons. The van der Waals surface area contributed by atoms with Gasteiger partial charge in [0, 0.05) is 19.5 Å². The molecule has 4 aromatic rings. The predicted octanol–water partition coefficient (Wildman–Crippen LogP) is 7.62. The van der Waals surface area contributed by atoms with E-state index in [0.717, 1.165) is 17.7 Å². The minimum Gasteiger partial charge on any atom is -0.354 e. The smallest absolute Gasteiger partial charge is 0.354 e. The first-order valence-corrected chi connectivity index (χ1v) is 17.2. The lowest BCUT2D eigenvalue weighted by atomic mass is 10.0. The van der Waals surface area contributed by atoms with E-state index < -0.39 is 46.2 Å². The zero-order chi connectivity index (χ0) is 35.1. The number of halogens is 5. The third kappa shape index (κ3) is 9.52. The zero-order valence-electron chi connectivity index (χ0n) is 26.1. The van der Waals surface area contributed by atoms with Crippen molar-refractivity contribution in [2.75, 3.05) is 17.4 Å². The number of amides is 2. The molecule has 0 saturated carbocycles. The molecule has 1 unspecified atom stereocenters. The van der Waals surface area contributed by atoms with E-state index >= 15 is 0 Å². The Morgan fingerprint density at radius 1 is 0.812 bits per heavy atom. The summed E-state index contributed by atoms with van der Waals surface area (Å²) in [6.45, 7) is 3.02. The van der Waals surface area contributed by atoms with E-state index in [1.807, 2.05) is 13.8 Å². The first-order chi connectivity index (χ1) is 22.7. The van der Waals surface area contributed by atoms with Crippen molar-refractivity contribution in [2.45, 2.75) is 43.9 Å². The normalized spacial score (nSPS) is 12.4. The molecule has 0 aliphatic carbocycles.